The molecule has 1 atom stereocenters. The summed E-state index contributed by atoms with van der Waals surface area (Å²) in [5.74, 6) is 1.23. The summed E-state index contributed by atoms with van der Waals surface area (Å²) in [6.45, 7) is 5.31. The molecule has 1 unspecified atom stereocenters. The molecule has 2 fully saturated rings. The molecule has 2 aliphatic rings. The Bertz CT molecular complexity index is 349. The van der Waals surface area contributed by atoms with E-state index in [1.165, 1.54) is 25.7 Å². The normalized spacial score (nSPS) is 22.4. The average Bonchev–Trinajstić information content (AvgIpc) is 3.17. The van der Waals surface area contributed by atoms with Crippen molar-refractivity contribution in [1.29, 1.82) is 0 Å². The first-order valence-corrected chi connectivity index (χ1v) is 8.81. The maximum atomic E-state index is 12.2. The largest absolute Gasteiger partial charge is 0.315 e. The molecule has 106 valence electrons. The minimum Gasteiger partial charge on any atom is -0.315 e. The van der Waals surface area contributed by atoms with Crippen LogP contribution >= 0.6 is 0 Å². The van der Waals surface area contributed by atoms with Crippen LogP contribution in [0.25, 0.3) is 0 Å². The summed E-state index contributed by atoms with van der Waals surface area (Å²) in [4.78, 5) is 0. The first-order chi connectivity index (χ1) is 8.54. The van der Waals surface area contributed by atoms with E-state index in [0.717, 1.165) is 13.0 Å². The fraction of sp³-hybridized carbons (Fsp3) is 1.00. The molecule has 18 heavy (non-hydrogen) atoms. The Balaban J connectivity index is 1.84. The predicted molar refractivity (Wildman–Crippen MR) is 73.9 cm³/mol. The maximum absolute atomic E-state index is 12.2. The first-order valence-electron chi connectivity index (χ1n) is 7.26. The quantitative estimate of drug-likeness (QED) is 0.626. The molecule has 2 aliphatic carbocycles. The molecule has 0 aliphatic heterocycles. The lowest BCUT2D eigenvalue weighted by Crippen LogP contribution is -2.45. The highest BCUT2D eigenvalue weighted by atomic mass is 32.2. The monoisotopic (exact) mass is 274 g/mol. The summed E-state index contributed by atoms with van der Waals surface area (Å²) >= 11 is 0. The number of hydrogen-bond donors (Lipinski definition) is 2. The summed E-state index contributed by atoms with van der Waals surface area (Å²) in [5, 5.41) is 2.84. The van der Waals surface area contributed by atoms with Crippen LogP contribution in [0.15, 0.2) is 0 Å². The lowest BCUT2D eigenvalue weighted by molar-refractivity contribution is 0.465. The van der Waals surface area contributed by atoms with E-state index >= 15 is 0 Å². The van der Waals surface area contributed by atoms with Gasteiger partial charge in [-0.25, -0.2) is 13.1 Å². The molecule has 0 aromatic rings. The van der Waals surface area contributed by atoms with Crippen LogP contribution in [0.2, 0.25) is 0 Å². The van der Waals surface area contributed by atoms with Crippen molar-refractivity contribution in [1.82, 2.24) is 10.0 Å². The molecule has 0 spiro atoms. The van der Waals surface area contributed by atoms with Crippen LogP contribution < -0.4 is 10.0 Å². The zero-order valence-corrected chi connectivity index (χ0v) is 12.3. The van der Waals surface area contributed by atoms with Crippen molar-refractivity contribution in [2.45, 2.75) is 57.2 Å². The van der Waals surface area contributed by atoms with E-state index in [1.54, 1.807) is 6.92 Å². The third-order valence-corrected chi connectivity index (χ3v) is 5.78. The molecule has 5 heteroatoms. The molecule has 2 N–H and O–H groups in total. The summed E-state index contributed by atoms with van der Waals surface area (Å²) in [5.41, 5.74) is 0. The van der Waals surface area contributed by atoms with Gasteiger partial charge in [-0.05, 0) is 57.4 Å². The van der Waals surface area contributed by atoms with Crippen molar-refractivity contribution < 1.29 is 8.42 Å². The molecule has 0 bridgehead atoms. The second-order valence-corrected chi connectivity index (χ2v) is 8.01. The average molecular weight is 274 g/mol. The first kappa shape index (κ1) is 14.3. The molecule has 0 amide bonds. The summed E-state index contributed by atoms with van der Waals surface area (Å²) in [7, 11) is -3.16. The van der Waals surface area contributed by atoms with Crippen LogP contribution in [0.5, 0.6) is 0 Å². The van der Waals surface area contributed by atoms with E-state index in [9.17, 15) is 8.42 Å². The third-order valence-electron chi connectivity index (χ3n) is 3.95. The summed E-state index contributed by atoms with van der Waals surface area (Å²) < 4.78 is 27.5. The number of hydrogen-bond acceptors (Lipinski definition) is 3. The smallest absolute Gasteiger partial charge is 0.215 e. The zero-order chi connectivity index (χ0) is 13.2. The van der Waals surface area contributed by atoms with Crippen LogP contribution in [0.4, 0.5) is 0 Å². The van der Waals surface area contributed by atoms with Gasteiger partial charge in [-0.1, -0.05) is 6.92 Å². The van der Waals surface area contributed by atoms with Gasteiger partial charge in [-0.2, -0.15) is 0 Å². The van der Waals surface area contributed by atoms with E-state index in [2.05, 4.69) is 17.0 Å². The SMILES string of the molecule is CCCNCC(C)S(=O)(=O)NC(C1CC1)C1CC1. The number of nitrogens with one attached hydrogen (secondary N) is 2. The highest BCUT2D eigenvalue weighted by molar-refractivity contribution is 7.90. The predicted octanol–water partition coefficient (Wildman–Crippen LogP) is 1.48. The molecule has 2 rings (SSSR count). The van der Waals surface area contributed by atoms with E-state index in [-0.39, 0.29) is 11.3 Å². The Morgan fingerprint density at radius 3 is 2.17 bits per heavy atom. The molecule has 2 saturated carbocycles. The molecule has 0 radical (unpaired) electrons. The third kappa shape index (κ3) is 3.93. The standard InChI is InChI=1S/C13H26N2O2S/c1-3-8-14-9-10(2)18(16,17)15-13(11-4-5-11)12-6-7-12/h10-15H,3-9H2,1-2H3. The minimum atomic E-state index is -3.16. The summed E-state index contributed by atoms with van der Waals surface area (Å²) in [6, 6.07) is 0.226. The molecule has 4 nitrogen and oxygen atoms in total. The van der Waals surface area contributed by atoms with Crippen molar-refractivity contribution in [2.24, 2.45) is 11.8 Å². The number of sulfonamides is 1. The Hall–Kier alpha value is -0.130. The van der Waals surface area contributed by atoms with Crippen molar-refractivity contribution in [3.63, 3.8) is 0 Å². The lowest BCUT2D eigenvalue weighted by Gasteiger charge is -2.21. The van der Waals surface area contributed by atoms with Gasteiger partial charge in [0.25, 0.3) is 0 Å². The lowest BCUT2D eigenvalue weighted by atomic mass is 10.1. The maximum Gasteiger partial charge on any atom is 0.215 e. The van der Waals surface area contributed by atoms with Crippen molar-refractivity contribution in [2.75, 3.05) is 13.1 Å². The minimum absolute atomic E-state index is 0.226. The molecule has 0 aromatic heterocycles. The second-order valence-electron chi connectivity index (χ2n) is 5.88. The Morgan fingerprint density at radius 2 is 1.72 bits per heavy atom. The van der Waals surface area contributed by atoms with Gasteiger partial charge >= 0.3 is 0 Å². The van der Waals surface area contributed by atoms with Gasteiger partial charge in [-0.15, -0.1) is 0 Å². The fourth-order valence-corrected chi connectivity index (χ4v) is 3.72. The van der Waals surface area contributed by atoms with Crippen LogP contribution in [0.3, 0.4) is 0 Å². The van der Waals surface area contributed by atoms with Crippen LogP contribution in [0, 0.1) is 11.8 Å². The number of rotatable bonds is 9. The van der Waals surface area contributed by atoms with Crippen molar-refractivity contribution in [3.8, 4) is 0 Å². The topological polar surface area (TPSA) is 58.2 Å². The van der Waals surface area contributed by atoms with Gasteiger partial charge in [0.2, 0.25) is 10.0 Å². The highest BCUT2D eigenvalue weighted by Gasteiger charge is 2.43. The van der Waals surface area contributed by atoms with E-state index < -0.39 is 10.0 Å². The molecular weight excluding hydrogens is 248 g/mol. The van der Waals surface area contributed by atoms with Gasteiger partial charge in [0.05, 0.1) is 5.25 Å². The van der Waals surface area contributed by atoms with Gasteiger partial charge in [0.1, 0.15) is 0 Å². The van der Waals surface area contributed by atoms with Gasteiger partial charge in [-0.3, -0.25) is 0 Å². The van der Waals surface area contributed by atoms with Gasteiger partial charge in [0, 0.05) is 12.6 Å². The van der Waals surface area contributed by atoms with Crippen molar-refractivity contribution in [3.05, 3.63) is 0 Å². The van der Waals surface area contributed by atoms with E-state index in [4.69, 9.17) is 0 Å². The molecular formula is C13H26N2O2S. The zero-order valence-electron chi connectivity index (χ0n) is 11.5. The second kappa shape index (κ2) is 5.88. The van der Waals surface area contributed by atoms with Crippen LogP contribution in [-0.2, 0) is 10.0 Å². The molecule has 0 aromatic carbocycles. The van der Waals surface area contributed by atoms with Gasteiger partial charge in [0.15, 0.2) is 0 Å². The van der Waals surface area contributed by atoms with E-state index in [1.807, 2.05) is 0 Å². The molecule has 0 heterocycles. The van der Waals surface area contributed by atoms with Crippen LogP contribution in [0.1, 0.15) is 46.0 Å². The molecule has 0 saturated heterocycles. The van der Waals surface area contributed by atoms with Crippen molar-refractivity contribution >= 4 is 10.0 Å². The Morgan fingerprint density at radius 1 is 1.17 bits per heavy atom. The summed E-state index contributed by atoms with van der Waals surface area (Å²) in [6.07, 6.45) is 5.84. The van der Waals surface area contributed by atoms with E-state index in [0.29, 0.717) is 18.4 Å². The fourth-order valence-electron chi connectivity index (χ4n) is 2.39. The van der Waals surface area contributed by atoms with Crippen LogP contribution in [-0.4, -0.2) is 32.8 Å². The van der Waals surface area contributed by atoms with Gasteiger partial charge < -0.3 is 5.32 Å². The Kier molecular flexibility index (Phi) is 4.67. The Labute approximate surface area is 111 Å². The highest BCUT2D eigenvalue weighted by Crippen LogP contribution is 2.44.